The lowest BCUT2D eigenvalue weighted by Gasteiger charge is -2.26. The largest absolute Gasteiger partial charge is 0.464 e. The topological polar surface area (TPSA) is 45.9 Å². The van der Waals surface area contributed by atoms with Crippen LogP contribution < -0.4 is 4.90 Å². The highest BCUT2D eigenvalue weighted by Gasteiger charge is 2.29. The summed E-state index contributed by atoms with van der Waals surface area (Å²) in [5, 5.41) is 0. The quantitative estimate of drug-likeness (QED) is 0.676. The summed E-state index contributed by atoms with van der Waals surface area (Å²) in [4.78, 5) is 16.9. The number of ether oxygens (including phenoxy) is 1. The molecule has 0 N–H and O–H groups in total. The van der Waals surface area contributed by atoms with Gasteiger partial charge in [-0.2, -0.15) is 0 Å². The Labute approximate surface area is 173 Å². The molecule has 156 valence electrons. The summed E-state index contributed by atoms with van der Waals surface area (Å²) in [5.41, 5.74) is 6.12. The van der Waals surface area contributed by atoms with Crippen molar-refractivity contribution in [3.05, 3.63) is 41.2 Å². The molecule has 0 fully saturated rings. The molecule has 2 aliphatic rings. The fourth-order valence-electron chi connectivity index (χ4n) is 4.55. The van der Waals surface area contributed by atoms with Crippen LogP contribution in [-0.2, 0) is 24.0 Å². The van der Waals surface area contributed by atoms with Crippen molar-refractivity contribution in [1.29, 1.82) is 0 Å². The lowest BCUT2D eigenvalue weighted by Crippen LogP contribution is -2.38. The van der Waals surface area contributed by atoms with Crippen LogP contribution in [0, 0.1) is 0 Å². The van der Waals surface area contributed by atoms with Gasteiger partial charge >= 0.3 is 6.09 Å². The number of benzene rings is 1. The number of carbonyl (C=O) groups excluding carboxylic acids is 1. The van der Waals surface area contributed by atoms with Crippen LogP contribution in [0.2, 0.25) is 0 Å². The van der Waals surface area contributed by atoms with Crippen LogP contribution in [0.4, 0.5) is 10.5 Å². The summed E-state index contributed by atoms with van der Waals surface area (Å²) < 4.78 is 11.5. The monoisotopic (exact) mass is 396 g/mol. The molecular weight excluding hydrogens is 364 g/mol. The van der Waals surface area contributed by atoms with Crippen LogP contribution in [0.3, 0.4) is 0 Å². The second-order valence-corrected chi connectivity index (χ2v) is 9.22. The van der Waals surface area contributed by atoms with Crippen molar-refractivity contribution >= 4 is 11.8 Å². The number of amides is 1. The van der Waals surface area contributed by atoms with Gasteiger partial charge in [-0.3, -0.25) is 0 Å². The van der Waals surface area contributed by atoms with E-state index in [1.165, 1.54) is 40.8 Å². The number of rotatable bonds is 1. The van der Waals surface area contributed by atoms with Crippen LogP contribution in [0.5, 0.6) is 0 Å². The van der Waals surface area contributed by atoms with Gasteiger partial charge in [0.25, 0.3) is 0 Å². The maximum absolute atomic E-state index is 12.7. The van der Waals surface area contributed by atoms with Gasteiger partial charge < -0.3 is 19.0 Å². The summed E-state index contributed by atoms with van der Waals surface area (Å²) in [6.07, 6.45) is 6.70. The predicted octanol–water partition coefficient (Wildman–Crippen LogP) is 5.05. The van der Waals surface area contributed by atoms with Crippen molar-refractivity contribution in [2.24, 2.45) is 0 Å². The first-order valence-corrected chi connectivity index (χ1v) is 10.7. The minimum Gasteiger partial charge on any atom is -0.464 e. The van der Waals surface area contributed by atoms with Crippen molar-refractivity contribution in [1.82, 2.24) is 4.90 Å². The molecule has 0 spiro atoms. The Hall–Kier alpha value is -2.43. The molecule has 5 nitrogen and oxygen atoms in total. The van der Waals surface area contributed by atoms with Gasteiger partial charge in [-0.15, -0.1) is 0 Å². The smallest absolute Gasteiger partial charge is 0.410 e. The number of hydrogen-bond acceptors (Lipinski definition) is 4. The van der Waals surface area contributed by atoms with Gasteiger partial charge in [-0.1, -0.05) is 6.07 Å². The molecule has 4 rings (SSSR count). The SMILES string of the molecule is CN1CCCCc2cc3c(c(-c4ccco4)c21)CCN(C(=O)OC(C)(C)C)CC3. The first-order valence-electron chi connectivity index (χ1n) is 10.7. The minimum atomic E-state index is -0.477. The van der Waals surface area contributed by atoms with Crippen LogP contribution in [0.1, 0.15) is 50.3 Å². The number of anilines is 1. The highest BCUT2D eigenvalue weighted by molar-refractivity contribution is 5.83. The highest BCUT2D eigenvalue weighted by Crippen LogP contribution is 2.42. The van der Waals surface area contributed by atoms with Crippen LogP contribution in [-0.4, -0.2) is 43.3 Å². The maximum Gasteiger partial charge on any atom is 0.410 e. The molecule has 5 heteroatoms. The van der Waals surface area contributed by atoms with E-state index < -0.39 is 5.60 Å². The van der Waals surface area contributed by atoms with E-state index in [1.807, 2.05) is 31.7 Å². The van der Waals surface area contributed by atoms with Crippen molar-refractivity contribution < 1.29 is 13.9 Å². The van der Waals surface area contributed by atoms with E-state index in [-0.39, 0.29) is 6.09 Å². The van der Waals surface area contributed by atoms with Gasteiger partial charge in [0, 0.05) is 32.2 Å². The van der Waals surface area contributed by atoms with Crippen molar-refractivity contribution in [3.63, 3.8) is 0 Å². The number of hydrogen-bond donors (Lipinski definition) is 0. The Morgan fingerprint density at radius 2 is 1.86 bits per heavy atom. The molecule has 0 unspecified atom stereocenters. The molecular formula is C24H32N2O3. The van der Waals surface area contributed by atoms with Gasteiger partial charge in [0.05, 0.1) is 12.0 Å². The van der Waals surface area contributed by atoms with Crippen LogP contribution in [0.25, 0.3) is 11.3 Å². The molecule has 1 aromatic carbocycles. The van der Waals surface area contributed by atoms with Crippen LogP contribution in [0.15, 0.2) is 28.9 Å². The molecule has 29 heavy (non-hydrogen) atoms. The van der Waals surface area contributed by atoms with E-state index in [0.717, 1.165) is 31.6 Å². The molecule has 0 aliphatic carbocycles. The molecule has 1 amide bonds. The summed E-state index contributed by atoms with van der Waals surface area (Å²) in [6, 6.07) is 6.41. The predicted molar refractivity (Wildman–Crippen MR) is 116 cm³/mol. The maximum atomic E-state index is 12.7. The third-order valence-corrected chi connectivity index (χ3v) is 5.85. The van der Waals surface area contributed by atoms with E-state index >= 15 is 0 Å². The first kappa shape index (κ1) is 19.9. The summed E-state index contributed by atoms with van der Waals surface area (Å²) in [7, 11) is 2.19. The third kappa shape index (κ3) is 4.14. The van der Waals surface area contributed by atoms with E-state index in [2.05, 4.69) is 24.1 Å². The molecule has 0 saturated carbocycles. The third-order valence-electron chi connectivity index (χ3n) is 5.85. The Morgan fingerprint density at radius 1 is 1.07 bits per heavy atom. The standard InChI is InChI=1S/C24H32N2O3/c1-24(2,3)29-23(27)26-13-10-17-16-18-8-5-6-12-25(4)22(18)21(19(17)11-14-26)20-9-7-15-28-20/h7,9,15-16H,5-6,8,10-14H2,1-4H3. The fraction of sp³-hybridized carbons (Fsp3) is 0.542. The molecule has 1 aromatic heterocycles. The molecule has 0 radical (unpaired) electrons. The number of nitrogens with zero attached hydrogens (tertiary/aromatic N) is 2. The molecule has 2 aliphatic heterocycles. The van der Waals surface area contributed by atoms with E-state index in [1.54, 1.807) is 6.26 Å². The summed E-state index contributed by atoms with van der Waals surface area (Å²) in [5.74, 6) is 0.928. The molecule has 0 atom stereocenters. The van der Waals surface area contributed by atoms with Gasteiger partial charge in [0.15, 0.2) is 0 Å². The van der Waals surface area contributed by atoms with Crippen molar-refractivity contribution in [3.8, 4) is 11.3 Å². The van der Waals surface area contributed by atoms with Crippen LogP contribution >= 0.6 is 0 Å². The second kappa shape index (κ2) is 7.77. The highest BCUT2D eigenvalue weighted by atomic mass is 16.6. The van der Waals surface area contributed by atoms with Crippen molar-refractivity contribution in [2.45, 2.75) is 58.5 Å². The van der Waals surface area contributed by atoms with E-state index in [4.69, 9.17) is 9.15 Å². The van der Waals surface area contributed by atoms with E-state index in [9.17, 15) is 4.79 Å². The molecule has 2 aromatic rings. The summed E-state index contributed by atoms with van der Waals surface area (Å²) >= 11 is 0. The molecule has 0 bridgehead atoms. The average Bonchev–Trinajstić information content (AvgIpc) is 3.00. The van der Waals surface area contributed by atoms with Gasteiger partial charge in [-0.05, 0) is 81.7 Å². The number of carbonyl (C=O) groups is 1. The Balaban J connectivity index is 1.74. The zero-order valence-electron chi connectivity index (χ0n) is 18.1. The fourth-order valence-corrected chi connectivity index (χ4v) is 4.55. The zero-order chi connectivity index (χ0) is 20.6. The van der Waals surface area contributed by atoms with Gasteiger partial charge in [0.2, 0.25) is 0 Å². The Bertz CT molecular complexity index is 881. The van der Waals surface area contributed by atoms with Gasteiger partial charge in [0.1, 0.15) is 11.4 Å². The minimum absolute atomic E-state index is 0.219. The second-order valence-electron chi connectivity index (χ2n) is 9.22. The zero-order valence-corrected chi connectivity index (χ0v) is 18.1. The van der Waals surface area contributed by atoms with Gasteiger partial charge in [-0.25, -0.2) is 4.79 Å². The lowest BCUT2D eigenvalue weighted by molar-refractivity contribution is 0.0258. The molecule has 0 saturated heterocycles. The van der Waals surface area contributed by atoms with Crippen molar-refractivity contribution in [2.75, 3.05) is 31.6 Å². The Kier molecular flexibility index (Phi) is 5.32. The summed E-state index contributed by atoms with van der Waals surface area (Å²) in [6.45, 7) is 8.16. The normalized spacial score (nSPS) is 17.2. The number of aryl methyl sites for hydroxylation is 1. The first-order chi connectivity index (χ1) is 13.8. The average molecular weight is 397 g/mol. The molecule has 3 heterocycles. The number of fused-ring (bicyclic) bond motifs is 2. The van der Waals surface area contributed by atoms with E-state index in [0.29, 0.717) is 13.1 Å². The number of furan rings is 1. The Morgan fingerprint density at radius 3 is 2.59 bits per heavy atom. The lowest BCUT2D eigenvalue weighted by atomic mass is 9.89.